The average molecular weight is 277 g/mol. The van der Waals surface area contributed by atoms with Crippen LogP contribution in [0, 0.1) is 0 Å². The highest BCUT2D eigenvalue weighted by Crippen LogP contribution is 2.15. The summed E-state index contributed by atoms with van der Waals surface area (Å²) in [5, 5.41) is 17.4. The van der Waals surface area contributed by atoms with E-state index < -0.39 is 11.9 Å². The fourth-order valence-corrected chi connectivity index (χ4v) is 1.89. The van der Waals surface area contributed by atoms with Gasteiger partial charge in [-0.2, -0.15) is 0 Å². The lowest BCUT2D eigenvalue weighted by Gasteiger charge is -2.18. The summed E-state index contributed by atoms with van der Waals surface area (Å²) >= 11 is 0. The van der Waals surface area contributed by atoms with Crippen molar-refractivity contribution in [3.63, 3.8) is 0 Å². The average Bonchev–Trinajstić information content (AvgIpc) is 2.75. The highest BCUT2D eigenvalue weighted by molar-refractivity contribution is 5.70. The number of hydrogen-bond acceptors (Lipinski definition) is 4. The predicted molar refractivity (Wildman–Crippen MR) is 72.1 cm³/mol. The lowest BCUT2D eigenvalue weighted by atomic mass is 10.3. The van der Waals surface area contributed by atoms with E-state index >= 15 is 0 Å². The summed E-state index contributed by atoms with van der Waals surface area (Å²) in [5.41, 5.74) is 2.00. The quantitative estimate of drug-likeness (QED) is 0.813. The van der Waals surface area contributed by atoms with Gasteiger partial charge >= 0.3 is 11.9 Å². The number of imidazole rings is 1. The first-order chi connectivity index (χ1) is 9.45. The van der Waals surface area contributed by atoms with Gasteiger partial charge in [0.1, 0.15) is 5.65 Å². The molecule has 0 saturated carbocycles. The normalized spacial score (nSPS) is 10.7. The second kappa shape index (κ2) is 5.60. The third-order valence-electron chi connectivity index (χ3n) is 2.92. The maximum absolute atomic E-state index is 10.7. The smallest absolute Gasteiger partial charge is 0.309 e. The molecule has 0 aliphatic rings. The number of carboxylic acids is 2. The topological polar surface area (TPSA) is 95.1 Å². The Bertz CT molecular complexity index is 650. The van der Waals surface area contributed by atoms with Crippen LogP contribution in [0.2, 0.25) is 0 Å². The van der Waals surface area contributed by atoms with Crippen molar-refractivity contribution < 1.29 is 19.8 Å². The molecule has 2 rings (SSSR count). The van der Waals surface area contributed by atoms with Crippen LogP contribution in [0.3, 0.4) is 0 Å². The van der Waals surface area contributed by atoms with Crippen molar-refractivity contribution in [1.29, 1.82) is 0 Å². The van der Waals surface area contributed by atoms with Gasteiger partial charge in [-0.1, -0.05) is 0 Å². The summed E-state index contributed by atoms with van der Waals surface area (Å²) in [6, 6.07) is 3.60. The van der Waals surface area contributed by atoms with Gasteiger partial charge in [-0.05, 0) is 12.1 Å². The second-order valence-electron chi connectivity index (χ2n) is 4.52. The molecular formula is C13H15N3O4. The molecule has 2 aromatic heterocycles. The first-order valence-electron chi connectivity index (χ1n) is 6.08. The molecule has 20 heavy (non-hydrogen) atoms. The number of pyridine rings is 1. The van der Waals surface area contributed by atoms with E-state index in [1.807, 2.05) is 11.0 Å². The number of carbonyl (C=O) groups is 2. The number of fused-ring (bicyclic) bond motifs is 1. The number of aliphatic carboxylic acids is 2. The summed E-state index contributed by atoms with van der Waals surface area (Å²) in [7, 11) is 1.80. The van der Waals surface area contributed by atoms with E-state index in [1.54, 1.807) is 29.9 Å². The molecule has 0 unspecified atom stereocenters. The summed E-state index contributed by atoms with van der Waals surface area (Å²) in [6.45, 7) is 0.400. The lowest BCUT2D eigenvalue weighted by molar-refractivity contribution is -0.137. The SMILES string of the molecule is CN(CCC(=O)O)c1ccc2nc(CC(=O)O)cn2c1. The van der Waals surface area contributed by atoms with Crippen molar-refractivity contribution in [2.45, 2.75) is 12.8 Å². The first kappa shape index (κ1) is 13.9. The van der Waals surface area contributed by atoms with Gasteiger partial charge in [0.2, 0.25) is 0 Å². The van der Waals surface area contributed by atoms with E-state index in [2.05, 4.69) is 4.98 Å². The number of anilines is 1. The number of carboxylic acid groups (broad SMARTS) is 2. The standard InChI is InChI=1S/C13H15N3O4/c1-15(5-4-12(17)18)10-2-3-11-14-9(6-13(19)20)7-16(11)8-10/h2-3,7-8H,4-6H2,1H3,(H,17,18)(H,19,20). The van der Waals surface area contributed by atoms with Gasteiger partial charge in [0.15, 0.2) is 0 Å². The molecule has 0 aromatic carbocycles. The van der Waals surface area contributed by atoms with Gasteiger partial charge < -0.3 is 19.5 Å². The van der Waals surface area contributed by atoms with E-state index in [0.717, 1.165) is 5.69 Å². The summed E-state index contributed by atoms with van der Waals surface area (Å²) in [4.78, 5) is 27.2. The molecule has 0 aliphatic heterocycles. The monoisotopic (exact) mass is 277 g/mol. The molecule has 2 N–H and O–H groups in total. The zero-order valence-corrected chi connectivity index (χ0v) is 11.0. The second-order valence-corrected chi connectivity index (χ2v) is 4.52. The van der Waals surface area contributed by atoms with E-state index in [1.165, 1.54) is 0 Å². The van der Waals surface area contributed by atoms with E-state index in [-0.39, 0.29) is 12.8 Å². The van der Waals surface area contributed by atoms with Crippen LogP contribution in [0.4, 0.5) is 5.69 Å². The zero-order valence-electron chi connectivity index (χ0n) is 11.0. The van der Waals surface area contributed by atoms with Gasteiger partial charge in [0.25, 0.3) is 0 Å². The zero-order chi connectivity index (χ0) is 14.7. The first-order valence-corrected chi connectivity index (χ1v) is 6.08. The molecule has 0 atom stereocenters. The van der Waals surface area contributed by atoms with Gasteiger partial charge in [-0.25, -0.2) is 4.98 Å². The molecule has 0 saturated heterocycles. The van der Waals surface area contributed by atoms with Crippen molar-refractivity contribution in [3.8, 4) is 0 Å². The van der Waals surface area contributed by atoms with Crippen molar-refractivity contribution in [1.82, 2.24) is 9.38 Å². The minimum Gasteiger partial charge on any atom is -0.481 e. The van der Waals surface area contributed by atoms with E-state index in [9.17, 15) is 9.59 Å². The number of aromatic nitrogens is 2. The van der Waals surface area contributed by atoms with Crippen LogP contribution < -0.4 is 4.90 Å². The Hall–Kier alpha value is -2.57. The molecule has 0 amide bonds. The van der Waals surface area contributed by atoms with E-state index in [4.69, 9.17) is 10.2 Å². The molecule has 0 fully saturated rings. The van der Waals surface area contributed by atoms with Crippen molar-refractivity contribution >= 4 is 23.3 Å². The van der Waals surface area contributed by atoms with Crippen LogP contribution in [0.5, 0.6) is 0 Å². The Morgan fingerprint density at radius 3 is 2.65 bits per heavy atom. The summed E-state index contributed by atoms with van der Waals surface area (Å²) < 4.78 is 1.74. The Morgan fingerprint density at radius 1 is 1.25 bits per heavy atom. The molecule has 0 aliphatic carbocycles. The Balaban J connectivity index is 2.19. The molecule has 7 heteroatoms. The van der Waals surface area contributed by atoms with Crippen molar-refractivity contribution in [2.75, 3.05) is 18.5 Å². The van der Waals surface area contributed by atoms with Gasteiger partial charge in [0, 0.05) is 26.0 Å². The molecule has 0 bridgehead atoms. The van der Waals surface area contributed by atoms with Crippen LogP contribution in [0.25, 0.3) is 5.65 Å². The fourth-order valence-electron chi connectivity index (χ4n) is 1.89. The Morgan fingerprint density at radius 2 is 2.00 bits per heavy atom. The predicted octanol–water partition coefficient (Wildman–Crippen LogP) is 0.872. The summed E-state index contributed by atoms with van der Waals surface area (Å²) in [5.74, 6) is -1.77. The number of hydrogen-bond donors (Lipinski definition) is 2. The highest BCUT2D eigenvalue weighted by Gasteiger charge is 2.08. The van der Waals surface area contributed by atoms with Crippen molar-refractivity contribution in [3.05, 3.63) is 30.2 Å². The van der Waals surface area contributed by atoms with Crippen LogP contribution in [0.1, 0.15) is 12.1 Å². The van der Waals surface area contributed by atoms with Gasteiger partial charge in [-0.3, -0.25) is 9.59 Å². The number of rotatable bonds is 6. The Labute approximate surface area is 115 Å². The molecule has 2 aromatic rings. The maximum atomic E-state index is 10.7. The third kappa shape index (κ3) is 3.25. The Kier molecular flexibility index (Phi) is 3.88. The number of nitrogens with zero attached hydrogens (tertiary/aromatic N) is 3. The molecule has 0 radical (unpaired) electrons. The van der Waals surface area contributed by atoms with Crippen LogP contribution in [0.15, 0.2) is 24.5 Å². The van der Waals surface area contributed by atoms with Gasteiger partial charge in [0.05, 0.1) is 24.2 Å². The molecule has 2 heterocycles. The minimum absolute atomic E-state index is 0.0583. The molecule has 7 nitrogen and oxygen atoms in total. The fraction of sp³-hybridized carbons (Fsp3) is 0.308. The lowest BCUT2D eigenvalue weighted by Crippen LogP contribution is -2.21. The van der Waals surface area contributed by atoms with Crippen LogP contribution in [-0.4, -0.2) is 45.1 Å². The van der Waals surface area contributed by atoms with Crippen LogP contribution >= 0.6 is 0 Å². The maximum Gasteiger partial charge on any atom is 0.309 e. The molecule has 0 spiro atoms. The van der Waals surface area contributed by atoms with Crippen molar-refractivity contribution in [2.24, 2.45) is 0 Å². The van der Waals surface area contributed by atoms with E-state index in [0.29, 0.717) is 17.9 Å². The minimum atomic E-state index is -0.924. The summed E-state index contributed by atoms with van der Waals surface area (Å²) in [6.07, 6.45) is 3.40. The van der Waals surface area contributed by atoms with Gasteiger partial charge in [-0.15, -0.1) is 0 Å². The largest absolute Gasteiger partial charge is 0.481 e. The van der Waals surface area contributed by atoms with Crippen LogP contribution in [-0.2, 0) is 16.0 Å². The molecular weight excluding hydrogens is 262 g/mol. The highest BCUT2D eigenvalue weighted by atomic mass is 16.4. The third-order valence-corrected chi connectivity index (χ3v) is 2.92. The molecule has 106 valence electrons.